The van der Waals surface area contributed by atoms with Crippen molar-refractivity contribution in [2.75, 3.05) is 19.0 Å². The number of fused-ring (bicyclic) bond motifs is 1. The van der Waals surface area contributed by atoms with Crippen molar-refractivity contribution in [1.29, 1.82) is 0 Å². The van der Waals surface area contributed by atoms with Crippen molar-refractivity contribution in [3.8, 4) is 5.75 Å². The number of anilines is 1. The van der Waals surface area contributed by atoms with Gasteiger partial charge in [0.25, 0.3) is 11.8 Å². The summed E-state index contributed by atoms with van der Waals surface area (Å²) in [6.45, 7) is 0.567. The quantitative estimate of drug-likeness (QED) is 0.505. The number of nitrogens with two attached hydrogens (primary N) is 2. The van der Waals surface area contributed by atoms with Crippen LogP contribution in [-0.2, 0) is 6.42 Å². The van der Waals surface area contributed by atoms with E-state index >= 15 is 0 Å². The molecule has 3 rings (SSSR count). The monoisotopic (exact) mass is 367 g/mol. The average molecular weight is 367 g/mol. The van der Waals surface area contributed by atoms with Gasteiger partial charge in [0.1, 0.15) is 5.75 Å². The van der Waals surface area contributed by atoms with Gasteiger partial charge >= 0.3 is 0 Å². The fourth-order valence-electron chi connectivity index (χ4n) is 2.98. The van der Waals surface area contributed by atoms with Crippen LogP contribution in [-0.4, -0.2) is 35.7 Å². The highest BCUT2D eigenvalue weighted by molar-refractivity contribution is 6.12. The lowest BCUT2D eigenvalue weighted by atomic mass is 10.0. The molecule has 0 aliphatic rings. The van der Waals surface area contributed by atoms with Crippen LogP contribution in [0.2, 0.25) is 0 Å². The number of carbonyl (C=O) groups is 2. The summed E-state index contributed by atoms with van der Waals surface area (Å²) in [7, 11) is 1.44. The maximum Gasteiger partial charge on any atom is 0.276 e. The molecule has 140 valence electrons. The van der Waals surface area contributed by atoms with E-state index in [1.165, 1.54) is 13.2 Å². The van der Waals surface area contributed by atoms with Crippen molar-refractivity contribution in [3.63, 3.8) is 0 Å². The maximum absolute atomic E-state index is 12.8. The van der Waals surface area contributed by atoms with E-state index in [2.05, 4.69) is 15.5 Å². The van der Waals surface area contributed by atoms with Gasteiger partial charge in [-0.05, 0) is 49.2 Å². The molecule has 27 heavy (non-hydrogen) atoms. The topological polar surface area (TPSA) is 136 Å². The van der Waals surface area contributed by atoms with E-state index in [0.29, 0.717) is 18.0 Å². The van der Waals surface area contributed by atoms with Crippen LogP contribution in [0.3, 0.4) is 0 Å². The zero-order chi connectivity index (χ0) is 19.4. The minimum absolute atomic E-state index is 0.186. The van der Waals surface area contributed by atoms with E-state index in [9.17, 15) is 9.59 Å². The SMILES string of the molecule is COc1ccc(NC(=O)c2n[nH]c3cccc(CCCN)c23)cc1C(N)=O. The summed E-state index contributed by atoms with van der Waals surface area (Å²) in [6, 6.07) is 10.4. The largest absolute Gasteiger partial charge is 0.496 e. The summed E-state index contributed by atoms with van der Waals surface area (Å²) < 4.78 is 5.11. The highest BCUT2D eigenvalue weighted by Gasteiger charge is 2.18. The normalized spacial score (nSPS) is 10.7. The second-order valence-electron chi connectivity index (χ2n) is 6.04. The first-order chi connectivity index (χ1) is 13.0. The fraction of sp³-hybridized carbons (Fsp3) is 0.211. The molecule has 0 fully saturated rings. The first kappa shape index (κ1) is 18.4. The zero-order valence-corrected chi connectivity index (χ0v) is 14.9. The Bertz CT molecular complexity index is 996. The first-order valence-corrected chi connectivity index (χ1v) is 8.50. The number of methoxy groups -OCH3 is 1. The van der Waals surface area contributed by atoms with Crippen molar-refractivity contribution in [2.24, 2.45) is 11.5 Å². The van der Waals surface area contributed by atoms with Crippen LogP contribution >= 0.6 is 0 Å². The lowest BCUT2D eigenvalue weighted by molar-refractivity contribution is 0.0993. The molecule has 0 saturated carbocycles. The Morgan fingerprint density at radius 3 is 2.78 bits per heavy atom. The van der Waals surface area contributed by atoms with Gasteiger partial charge in [-0.2, -0.15) is 5.10 Å². The smallest absolute Gasteiger partial charge is 0.276 e. The number of hydrogen-bond acceptors (Lipinski definition) is 5. The third kappa shape index (κ3) is 3.75. The third-order valence-corrected chi connectivity index (χ3v) is 4.26. The number of aromatic amines is 1. The molecule has 0 radical (unpaired) electrons. The number of primary amides is 1. The molecule has 6 N–H and O–H groups in total. The van der Waals surface area contributed by atoms with Crippen LogP contribution in [0.25, 0.3) is 10.9 Å². The van der Waals surface area contributed by atoms with Crippen LogP contribution < -0.4 is 21.5 Å². The molecule has 1 heterocycles. The van der Waals surface area contributed by atoms with Gasteiger partial charge in [-0.3, -0.25) is 14.7 Å². The van der Waals surface area contributed by atoms with Crippen molar-refractivity contribution in [3.05, 3.63) is 53.2 Å². The maximum atomic E-state index is 12.8. The van der Waals surface area contributed by atoms with E-state index in [1.807, 2.05) is 18.2 Å². The standard InChI is InChI=1S/C19H21N5O3/c1-27-15-8-7-12(10-13(15)18(21)25)22-19(26)17-16-11(5-3-9-20)4-2-6-14(16)23-24-17/h2,4,6-8,10H,3,5,9,20H2,1H3,(H2,21,25)(H,22,26)(H,23,24). The van der Waals surface area contributed by atoms with Gasteiger partial charge in [0.15, 0.2) is 5.69 Å². The molecule has 0 atom stereocenters. The second-order valence-corrected chi connectivity index (χ2v) is 6.04. The van der Waals surface area contributed by atoms with Gasteiger partial charge in [0, 0.05) is 11.1 Å². The minimum Gasteiger partial charge on any atom is -0.496 e. The summed E-state index contributed by atoms with van der Waals surface area (Å²) >= 11 is 0. The predicted octanol–water partition coefficient (Wildman–Crippen LogP) is 1.81. The number of carbonyl (C=O) groups excluding carboxylic acids is 2. The Hall–Kier alpha value is -3.39. The Morgan fingerprint density at radius 1 is 1.26 bits per heavy atom. The number of H-pyrrole nitrogens is 1. The number of nitrogens with one attached hydrogen (secondary N) is 2. The number of aryl methyl sites for hydroxylation is 1. The summed E-state index contributed by atoms with van der Waals surface area (Å²) in [5.41, 5.74) is 13.7. The van der Waals surface area contributed by atoms with Crippen LogP contribution in [0, 0.1) is 0 Å². The van der Waals surface area contributed by atoms with Crippen LogP contribution in [0.15, 0.2) is 36.4 Å². The van der Waals surface area contributed by atoms with E-state index in [-0.39, 0.29) is 17.2 Å². The van der Waals surface area contributed by atoms with Crippen molar-refractivity contribution >= 4 is 28.4 Å². The Labute approximate surface area is 155 Å². The van der Waals surface area contributed by atoms with Crippen LogP contribution in [0.5, 0.6) is 5.75 Å². The molecule has 0 aliphatic carbocycles. The zero-order valence-electron chi connectivity index (χ0n) is 14.9. The van der Waals surface area contributed by atoms with Gasteiger partial charge in [-0.25, -0.2) is 0 Å². The molecule has 1 aromatic heterocycles. The highest BCUT2D eigenvalue weighted by atomic mass is 16.5. The molecule has 0 spiro atoms. The number of ether oxygens (including phenoxy) is 1. The minimum atomic E-state index is -0.641. The van der Waals surface area contributed by atoms with Crippen LogP contribution in [0.4, 0.5) is 5.69 Å². The van der Waals surface area contributed by atoms with Gasteiger partial charge < -0.3 is 21.5 Å². The fourth-order valence-corrected chi connectivity index (χ4v) is 2.98. The molecule has 8 heteroatoms. The number of nitrogens with zero attached hydrogens (tertiary/aromatic N) is 1. The number of rotatable bonds is 7. The van der Waals surface area contributed by atoms with Gasteiger partial charge in [0.2, 0.25) is 0 Å². The Kier molecular flexibility index (Phi) is 5.37. The molecular formula is C19H21N5O3. The highest BCUT2D eigenvalue weighted by Crippen LogP contribution is 2.25. The molecule has 8 nitrogen and oxygen atoms in total. The van der Waals surface area contributed by atoms with E-state index in [0.717, 1.165) is 29.3 Å². The number of benzene rings is 2. The molecule has 0 aliphatic heterocycles. The van der Waals surface area contributed by atoms with Gasteiger partial charge in [0.05, 0.1) is 18.2 Å². The Morgan fingerprint density at radius 2 is 2.07 bits per heavy atom. The van der Waals surface area contributed by atoms with E-state index in [4.69, 9.17) is 16.2 Å². The van der Waals surface area contributed by atoms with Gasteiger partial charge in [-0.15, -0.1) is 0 Å². The number of amides is 2. The van der Waals surface area contributed by atoms with Gasteiger partial charge in [-0.1, -0.05) is 12.1 Å². The molecule has 0 bridgehead atoms. The summed E-state index contributed by atoms with van der Waals surface area (Å²) in [6.07, 6.45) is 1.56. The number of hydrogen-bond donors (Lipinski definition) is 4. The molecule has 3 aromatic rings. The predicted molar refractivity (Wildman–Crippen MR) is 103 cm³/mol. The second kappa shape index (κ2) is 7.88. The van der Waals surface area contributed by atoms with Crippen molar-refractivity contribution in [2.45, 2.75) is 12.8 Å². The van der Waals surface area contributed by atoms with E-state index < -0.39 is 5.91 Å². The lowest BCUT2D eigenvalue weighted by Crippen LogP contribution is -2.16. The molecule has 0 saturated heterocycles. The summed E-state index contributed by atoms with van der Waals surface area (Å²) in [4.78, 5) is 24.4. The average Bonchev–Trinajstić information content (AvgIpc) is 3.11. The first-order valence-electron chi connectivity index (χ1n) is 8.50. The molecular weight excluding hydrogens is 346 g/mol. The van der Waals surface area contributed by atoms with Crippen molar-refractivity contribution < 1.29 is 14.3 Å². The third-order valence-electron chi connectivity index (χ3n) is 4.26. The van der Waals surface area contributed by atoms with Crippen molar-refractivity contribution in [1.82, 2.24) is 10.2 Å². The summed E-state index contributed by atoms with van der Waals surface area (Å²) in [5.74, 6) is -0.686. The Balaban J connectivity index is 1.93. The summed E-state index contributed by atoms with van der Waals surface area (Å²) in [5, 5.41) is 10.6. The molecule has 2 amide bonds. The van der Waals surface area contributed by atoms with Crippen LogP contribution in [0.1, 0.15) is 32.8 Å². The molecule has 0 unspecified atom stereocenters. The van der Waals surface area contributed by atoms with E-state index in [1.54, 1.807) is 12.1 Å². The number of aromatic nitrogens is 2. The lowest BCUT2D eigenvalue weighted by Gasteiger charge is -2.09. The molecule has 2 aromatic carbocycles.